The Bertz CT molecular complexity index is 613. The number of rotatable bonds is 5. The molecule has 21 heavy (non-hydrogen) atoms. The maximum Gasteiger partial charge on any atom is 0.124 e. The van der Waals surface area contributed by atoms with Gasteiger partial charge in [0.1, 0.15) is 5.75 Å². The van der Waals surface area contributed by atoms with E-state index >= 15 is 0 Å². The van der Waals surface area contributed by atoms with Gasteiger partial charge < -0.3 is 4.74 Å². The van der Waals surface area contributed by atoms with Crippen LogP contribution in [-0.2, 0) is 0 Å². The molecule has 0 spiro atoms. The third-order valence-electron chi connectivity index (χ3n) is 3.29. The molecular formula is C17H21ClN2O. The molecule has 112 valence electrons. The lowest BCUT2D eigenvalue weighted by Crippen LogP contribution is -2.29. The molecule has 0 fully saturated rings. The van der Waals surface area contributed by atoms with Crippen LogP contribution in [0.4, 0.5) is 0 Å². The molecule has 0 saturated carbocycles. The Morgan fingerprint density at radius 3 is 2.48 bits per heavy atom. The first kappa shape index (κ1) is 15.8. The van der Waals surface area contributed by atoms with E-state index in [2.05, 4.69) is 5.43 Å². The molecule has 0 aliphatic carbocycles. The molecule has 0 aliphatic rings. The fourth-order valence-corrected chi connectivity index (χ4v) is 2.42. The Hall–Kier alpha value is -1.55. The molecule has 2 rings (SSSR count). The number of nitrogens with two attached hydrogens (primary N) is 1. The van der Waals surface area contributed by atoms with Gasteiger partial charge in [0.15, 0.2) is 0 Å². The Morgan fingerprint density at radius 2 is 1.86 bits per heavy atom. The fraction of sp³-hybridized carbons (Fsp3) is 0.294. The summed E-state index contributed by atoms with van der Waals surface area (Å²) >= 11 is 6.23. The molecule has 0 bridgehead atoms. The standard InChI is InChI=1S/C17H21ClN2O/c1-11(2)21-16-7-5-4-6-14(16)17(20-19)13-9-8-12(3)15(18)10-13/h4-11,17,20H,19H2,1-3H3. The molecule has 3 N–H and O–H groups in total. The van der Waals surface area contributed by atoms with Crippen LogP contribution in [0.5, 0.6) is 5.75 Å². The van der Waals surface area contributed by atoms with Crippen LogP contribution < -0.4 is 16.0 Å². The summed E-state index contributed by atoms with van der Waals surface area (Å²) in [5, 5.41) is 0.731. The SMILES string of the molecule is Cc1ccc(C(NN)c2ccccc2OC(C)C)cc1Cl. The van der Waals surface area contributed by atoms with Gasteiger partial charge in [0.25, 0.3) is 0 Å². The summed E-state index contributed by atoms with van der Waals surface area (Å²) in [5.74, 6) is 6.60. The molecule has 0 aliphatic heterocycles. The predicted molar refractivity (Wildman–Crippen MR) is 87.6 cm³/mol. The summed E-state index contributed by atoms with van der Waals surface area (Å²) in [6.45, 7) is 5.99. The van der Waals surface area contributed by atoms with Crippen molar-refractivity contribution >= 4 is 11.6 Å². The fourth-order valence-electron chi connectivity index (χ4n) is 2.23. The molecule has 0 heterocycles. The van der Waals surface area contributed by atoms with E-state index in [1.807, 2.05) is 63.2 Å². The first-order valence-electron chi connectivity index (χ1n) is 7.00. The third kappa shape index (κ3) is 3.76. The highest BCUT2D eigenvalue weighted by atomic mass is 35.5. The van der Waals surface area contributed by atoms with Gasteiger partial charge in [-0.1, -0.05) is 41.9 Å². The lowest BCUT2D eigenvalue weighted by atomic mass is 9.97. The van der Waals surface area contributed by atoms with Crippen molar-refractivity contribution in [1.82, 2.24) is 5.43 Å². The van der Waals surface area contributed by atoms with E-state index in [4.69, 9.17) is 22.2 Å². The maximum atomic E-state index is 6.23. The minimum Gasteiger partial charge on any atom is -0.491 e. The second-order valence-corrected chi connectivity index (χ2v) is 5.72. The van der Waals surface area contributed by atoms with Crippen molar-refractivity contribution in [1.29, 1.82) is 0 Å². The molecule has 0 amide bonds. The van der Waals surface area contributed by atoms with Gasteiger partial charge >= 0.3 is 0 Å². The van der Waals surface area contributed by atoms with E-state index in [0.717, 1.165) is 27.5 Å². The Kier molecular flexibility index (Phi) is 5.23. The Labute approximate surface area is 131 Å². The van der Waals surface area contributed by atoms with Crippen LogP contribution in [0.15, 0.2) is 42.5 Å². The molecule has 4 heteroatoms. The van der Waals surface area contributed by atoms with Gasteiger partial charge in [0.05, 0.1) is 12.1 Å². The molecule has 1 unspecified atom stereocenters. The second-order valence-electron chi connectivity index (χ2n) is 5.31. The number of hydrazine groups is 1. The topological polar surface area (TPSA) is 47.3 Å². The summed E-state index contributed by atoms with van der Waals surface area (Å²) in [6.07, 6.45) is 0.103. The lowest BCUT2D eigenvalue weighted by Gasteiger charge is -2.22. The van der Waals surface area contributed by atoms with E-state index in [-0.39, 0.29) is 12.1 Å². The average Bonchev–Trinajstić information content (AvgIpc) is 2.44. The van der Waals surface area contributed by atoms with Crippen LogP contribution in [0.3, 0.4) is 0 Å². The third-order valence-corrected chi connectivity index (χ3v) is 3.70. The van der Waals surface area contributed by atoms with Crippen molar-refractivity contribution in [2.24, 2.45) is 5.84 Å². The Balaban J connectivity index is 2.43. The van der Waals surface area contributed by atoms with Crippen LogP contribution >= 0.6 is 11.6 Å². The molecular weight excluding hydrogens is 284 g/mol. The summed E-state index contributed by atoms with van der Waals surface area (Å²) in [5.41, 5.74) is 5.90. The minimum absolute atomic E-state index is 0.103. The number of benzene rings is 2. The molecule has 1 atom stereocenters. The number of hydrogen-bond donors (Lipinski definition) is 2. The van der Waals surface area contributed by atoms with E-state index in [1.54, 1.807) is 0 Å². The number of ether oxygens (including phenoxy) is 1. The Morgan fingerprint density at radius 1 is 1.14 bits per heavy atom. The van der Waals surface area contributed by atoms with E-state index < -0.39 is 0 Å². The predicted octanol–water partition coefficient (Wildman–Crippen LogP) is 3.99. The van der Waals surface area contributed by atoms with Crippen molar-refractivity contribution in [3.8, 4) is 5.75 Å². The minimum atomic E-state index is -0.168. The largest absolute Gasteiger partial charge is 0.491 e. The first-order valence-corrected chi connectivity index (χ1v) is 7.38. The number of para-hydroxylation sites is 1. The van der Waals surface area contributed by atoms with E-state index in [9.17, 15) is 0 Å². The van der Waals surface area contributed by atoms with Gasteiger partial charge in [-0.2, -0.15) is 0 Å². The van der Waals surface area contributed by atoms with Gasteiger partial charge in [-0.25, -0.2) is 5.43 Å². The van der Waals surface area contributed by atoms with Crippen LogP contribution in [0.25, 0.3) is 0 Å². The second kappa shape index (κ2) is 6.94. The zero-order valence-corrected chi connectivity index (χ0v) is 13.3. The molecule has 0 aromatic heterocycles. The summed E-state index contributed by atoms with van der Waals surface area (Å²) in [4.78, 5) is 0. The van der Waals surface area contributed by atoms with Crippen molar-refractivity contribution in [2.45, 2.75) is 32.9 Å². The van der Waals surface area contributed by atoms with Gasteiger partial charge in [0.2, 0.25) is 0 Å². The first-order chi connectivity index (χ1) is 10.0. The lowest BCUT2D eigenvalue weighted by molar-refractivity contribution is 0.238. The van der Waals surface area contributed by atoms with Crippen LogP contribution in [0.2, 0.25) is 5.02 Å². The number of aryl methyl sites for hydroxylation is 1. The van der Waals surface area contributed by atoms with Crippen LogP contribution in [0.1, 0.15) is 36.6 Å². The highest BCUT2D eigenvalue weighted by Crippen LogP contribution is 2.31. The van der Waals surface area contributed by atoms with Crippen molar-refractivity contribution in [3.05, 3.63) is 64.2 Å². The molecule has 0 saturated heterocycles. The molecule has 2 aromatic carbocycles. The molecule has 3 nitrogen and oxygen atoms in total. The number of hydrogen-bond acceptors (Lipinski definition) is 3. The normalized spacial score (nSPS) is 12.5. The van der Waals surface area contributed by atoms with E-state index in [0.29, 0.717) is 0 Å². The van der Waals surface area contributed by atoms with Crippen molar-refractivity contribution < 1.29 is 4.74 Å². The van der Waals surface area contributed by atoms with Crippen LogP contribution in [0, 0.1) is 6.92 Å². The zero-order valence-electron chi connectivity index (χ0n) is 12.6. The smallest absolute Gasteiger partial charge is 0.124 e. The number of nitrogens with one attached hydrogen (secondary N) is 1. The number of halogens is 1. The molecule has 0 radical (unpaired) electrons. The monoisotopic (exact) mass is 304 g/mol. The van der Waals surface area contributed by atoms with Crippen molar-refractivity contribution in [2.75, 3.05) is 0 Å². The van der Waals surface area contributed by atoms with Gasteiger partial charge in [-0.05, 0) is 44.0 Å². The zero-order chi connectivity index (χ0) is 15.4. The van der Waals surface area contributed by atoms with Crippen LogP contribution in [-0.4, -0.2) is 6.10 Å². The van der Waals surface area contributed by atoms with E-state index in [1.165, 1.54) is 0 Å². The van der Waals surface area contributed by atoms with Crippen molar-refractivity contribution in [3.63, 3.8) is 0 Å². The summed E-state index contributed by atoms with van der Waals surface area (Å²) < 4.78 is 5.88. The maximum absolute atomic E-state index is 6.23. The average molecular weight is 305 g/mol. The summed E-state index contributed by atoms with van der Waals surface area (Å²) in [6, 6.07) is 13.7. The molecule has 2 aromatic rings. The highest BCUT2D eigenvalue weighted by Gasteiger charge is 2.18. The van der Waals surface area contributed by atoms with Gasteiger partial charge in [0, 0.05) is 10.6 Å². The quantitative estimate of drug-likeness (QED) is 0.648. The van der Waals surface area contributed by atoms with Gasteiger partial charge in [-0.3, -0.25) is 5.84 Å². The highest BCUT2D eigenvalue weighted by molar-refractivity contribution is 6.31. The van der Waals surface area contributed by atoms with Gasteiger partial charge in [-0.15, -0.1) is 0 Å². The summed E-state index contributed by atoms with van der Waals surface area (Å²) in [7, 11) is 0.